The Morgan fingerprint density at radius 1 is 1.13 bits per heavy atom. The molecule has 2 aromatic carbocycles. The summed E-state index contributed by atoms with van der Waals surface area (Å²) < 4.78 is 38.3. The number of rotatable bonds is 7. The molecule has 31 heavy (non-hydrogen) atoms. The Morgan fingerprint density at radius 2 is 1.84 bits per heavy atom. The lowest BCUT2D eigenvalue weighted by Crippen LogP contribution is -2.40. The van der Waals surface area contributed by atoms with E-state index in [4.69, 9.17) is 9.47 Å². The quantitative estimate of drug-likeness (QED) is 0.656. The van der Waals surface area contributed by atoms with Crippen molar-refractivity contribution >= 4 is 27.4 Å². The number of nitrogens with zero attached hydrogens (tertiary/aromatic N) is 1. The molecule has 9 heteroatoms. The van der Waals surface area contributed by atoms with Crippen LogP contribution in [0.1, 0.15) is 29.8 Å². The summed E-state index contributed by atoms with van der Waals surface area (Å²) in [6.45, 7) is 6.05. The summed E-state index contributed by atoms with van der Waals surface area (Å²) in [5.74, 6) is -0.141. The maximum absolute atomic E-state index is 13.0. The molecule has 3 rings (SSSR count). The first kappa shape index (κ1) is 22.9. The number of nitrogens with one attached hydrogen (secondary N) is 1. The molecule has 8 nitrogen and oxygen atoms in total. The van der Waals surface area contributed by atoms with Gasteiger partial charge in [-0.05, 0) is 50.6 Å². The predicted octanol–water partition coefficient (Wildman–Crippen LogP) is 2.62. The highest BCUT2D eigenvalue weighted by molar-refractivity contribution is 7.89. The lowest BCUT2D eigenvalue weighted by Gasteiger charge is -2.27. The zero-order chi connectivity index (χ0) is 22.6. The van der Waals surface area contributed by atoms with E-state index in [-0.39, 0.29) is 10.7 Å². The van der Waals surface area contributed by atoms with Crippen molar-refractivity contribution in [3.63, 3.8) is 0 Å². The van der Waals surface area contributed by atoms with E-state index in [1.807, 2.05) is 0 Å². The number of sulfonamides is 1. The number of Topliss-reactive ketones (excluding diaryl/α,β-unsaturated/α-hetero) is 1. The Balaban J connectivity index is 1.73. The second-order valence-corrected chi connectivity index (χ2v) is 9.24. The number of ether oxygens (including phenoxy) is 2. The van der Waals surface area contributed by atoms with Gasteiger partial charge in [-0.3, -0.25) is 9.59 Å². The van der Waals surface area contributed by atoms with Gasteiger partial charge < -0.3 is 14.8 Å². The van der Waals surface area contributed by atoms with Gasteiger partial charge in [-0.1, -0.05) is 18.2 Å². The van der Waals surface area contributed by atoms with Crippen LogP contribution in [0.25, 0.3) is 0 Å². The average Bonchev–Trinajstić information content (AvgIpc) is 2.75. The molecule has 0 spiro atoms. The van der Waals surface area contributed by atoms with Crippen LogP contribution in [0.5, 0.6) is 5.75 Å². The third-order valence-electron chi connectivity index (χ3n) is 4.97. The first-order valence-corrected chi connectivity index (χ1v) is 11.4. The third-order valence-corrected chi connectivity index (χ3v) is 7.01. The Hall–Kier alpha value is -2.75. The Labute approximate surface area is 182 Å². The fourth-order valence-corrected chi connectivity index (χ4v) is 4.83. The molecule has 1 amide bonds. The number of carbonyl (C=O) groups is 2. The van der Waals surface area contributed by atoms with Crippen LogP contribution in [0.4, 0.5) is 5.69 Å². The van der Waals surface area contributed by atoms with E-state index in [1.54, 1.807) is 50.2 Å². The SMILES string of the molecule is CC(=O)c1cccc(OC(C)C(=O)Nc2ccc(C)c(S(=O)(=O)N3CCOCC3)c2)c1. The highest BCUT2D eigenvalue weighted by Gasteiger charge is 2.28. The summed E-state index contributed by atoms with van der Waals surface area (Å²) in [5.41, 5.74) is 1.44. The van der Waals surface area contributed by atoms with Gasteiger partial charge in [0.05, 0.1) is 18.1 Å². The van der Waals surface area contributed by atoms with E-state index in [9.17, 15) is 18.0 Å². The predicted molar refractivity (Wildman–Crippen MR) is 116 cm³/mol. The van der Waals surface area contributed by atoms with Crippen LogP contribution in [0, 0.1) is 6.92 Å². The van der Waals surface area contributed by atoms with Gasteiger partial charge in [-0.25, -0.2) is 8.42 Å². The molecule has 1 heterocycles. The van der Waals surface area contributed by atoms with Gasteiger partial charge in [-0.2, -0.15) is 4.31 Å². The fourth-order valence-electron chi connectivity index (χ4n) is 3.17. The van der Waals surface area contributed by atoms with E-state index in [1.165, 1.54) is 17.3 Å². The van der Waals surface area contributed by atoms with Crippen molar-refractivity contribution in [2.45, 2.75) is 31.8 Å². The van der Waals surface area contributed by atoms with Crippen LogP contribution in [-0.4, -0.2) is 56.8 Å². The van der Waals surface area contributed by atoms with Crippen molar-refractivity contribution in [2.24, 2.45) is 0 Å². The van der Waals surface area contributed by atoms with Crippen molar-refractivity contribution in [1.82, 2.24) is 4.31 Å². The van der Waals surface area contributed by atoms with Gasteiger partial charge in [0.15, 0.2) is 11.9 Å². The maximum atomic E-state index is 13.0. The van der Waals surface area contributed by atoms with Crippen LogP contribution >= 0.6 is 0 Å². The molecule has 1 unspecified atom stereocenters. The Morgan fingerprint density at radius 3 is 2.52 bits per heavy atom. The van der Waals surface area contributed by atoms with Crippen molar-refractivity contribution in [3.8, 4) is 5.75 Å². The number of amides is 1. The van der Waals surface area contributed by atoms with E-state index >= 15 is 0 Å². The molecule has 1 fully saturated rings. The van der Waals surface area contributed by atoms with Crippen LogP contribution < -0.4 is 10.1 Å². The third kappa shape index (κ3) is 5.49. The van der Waals surface area contributed by atoms with Crippen LogP contribution in [0.2, 0.25) is 0 Å². The summed E-state index contributed by atoms with van der Waals surface area (Å²) in [6.07, 6.45) is -0.859. The lowest BCUT2D eigenvalue weighted by molar-refractivity contribution is -0.122. The number of hydrogen-bond donors (Lipinski definition) is 1. The highest BCUT2D eigenvalue weighted by atomic mass is 32.2. The monoisotopic (exact) mass is 446 g/mol. The zero-order valence-corrected chi connectivity index (χ0v) is 18.6. The van der Waals surface area contributed by atoms with Gasteiger partial charge in [0.2, 0.25) is 10.0 Å². The van der Waals surface area contributed by atoms with Crippen molar-refractivity contribution in [2.75, 3.05) is 31.6 Å². The zero-order valence-electron chi connectivity index (χ0n) is 17.8. The second kappa shape index (κ2) is 9.59. The first-order chi connectivity index (χ1) is 14.7. The molecule has 1 aliphatic heterocycles. The minimum Gasteiger partial charge on any atom is -0.481 e. The number of benzene rings is 2. The van der Waals surface area contributed by atoms with Gasteiger partial charge >= 0.3 is 0 Å². The molecule has 0 radical (unpaired) electrons. The standard InChI is InChI=1S/C22H26N2O6S/c1-15-7-8-19(14-21(15)31(27,28)24-9-11-29-12-10-24)23-22(26)17(3)30-20-6-4-5-18(13-20)16(2)25/h4-8,13-14,17H,9-12H2,1-3H3,(H,23,26). The van der Waals surface area contributed by atoms with Gasteiger partial charge in [0.1, 0.15) is 5.75 Å². The molecule has 1 aliphatic rings. The summed E-state index contributed by atoms with van der Waals surface area (Å²) in [7, 11) is -3.69. The fraction of sp³-hybridized carbons (Fsp3) is 0.364. The summed E-state index contributed by atoms with van der Waals surface area (Å²) >= 11 is 0. The molecule has 0 aromatic heterocycles. The molecule has 0 bridgehead atoms. The summed E-state index contributed by atoms with van der Waals surface area (Å²) in [4.78, 5) is 24.3. The number of morpholine rings is 1. The number of carbonyl (C=O) groups excluding carboxylic acids is 2. The Kier molecular flexibility index (Phi) is 7.09. The van der Waals surface area contributed by atoms with Crippen LogP contribution in [-0.2, 0) is 19.6 Å². The van der Waals surface area contributed by atoms with Gasteiger partial charge in [0.25, 0.3) is 5.91 Å². The molecule has 166 valence electrons. The number of hydrogen-bond acceptors (Lipinski definition) is 6. The molecule has 1 N–H and O–H groups in total. The largest absolute Gasteiger partial charge is 0.481 e. The van der Waals surface area contributed by atoms with Crippen LogP contribution in [0.15, 0.2) is 47.4 Å². The molecule has 2 aromatic rings. The lowest BCUT2D eigenvalue weighted by atomic mass is 10.1. The van der Waals surface area contributed by atoms with E-state index < -0.39 is 22.0 Å². The number of anilines is 1. The smallest absolute Gasteiger partial charge is 0.265 e. The van der Waals surface area contributed by atoms with E-state index in [0.29, 0.717) is 48.9 Å². The first-order valence-electron chi connectivity index (χ1n) is 9.95. The average molecular weight is 447 g/mol. The summed E-state index contributed by atoms with van der Waals surface area (Å²) in [5, 5.41) is 2.70. The maximum Gasteiger partial charge on any atom is 0.265 e. The summed E-state index contributed by atoms with van der Waals surface area (Å²) in [6, 6.07) is 11.3. The molecular formula is C22H26N2O6S. The molecule has 1 atom stereocenters. The minimum atomic E-state index is -3.69. The van der Waals surface area contributed by atoms with Crippen molar-refractivity contribution in [1.29, 1.82) is 0 Å². The van der Waals surface area contributed by atoms with Crippen molar-refractivity contribution < 1.29 is 27.5 Å². The minimum absolute atomic E-state index is 0.101. The number of ketones is 1. The molecular weight excluding hydrogens is 420 g/mol. The topological polar surface area (TPSA) is 102 Å². The molecule has 1 saturated heterocycles. The van der Waals surface area contributed by atoms with Crippen molar-refractivity contribution in [3.05, 3.63) is 53.6 Å². The van der Waals surface area contributed by atoms with Gasteiger partial charge in [-0.15, -0.1) is 0 Å². The van der Waals surface area contributed by atoms with E-state index in [2.05, 4.69) is 5.32 Å². The second-order valence-electron chi connectivity index (χ2n) is 7.33. The van der Waals surface area contributed by atoms with Gasteiger partial charge in [0, 0.05) is 24.3 Å². The number of aryl methyl sites for hydroxylation is 1. The molecule has 0 saturated carbocycles. The highest BCUT2D eigenvalue weighted by Crippen LogP contribution is 2.25. The molecule has 0 aliphatic carbocycles. The van der Waals surface area contributed by atoms with E-state index in [0.717, 1.165) is 0 Å². The van der Waals surface area contributed by atoms with Crippen LogP contribution in [0.3, 0.4) is 0 Å². The Bertz CT molecular complexity index is 1080. The normalized spacial score (nSPS) is 15.8.